The molecule has 1 aromatic heterocycles. The molecule has 0 aliphatic heterocycles. The largest absolute Gasteiger partial charge is 0.497 e. The minimum absolute atomic E-state index is 0.142. The number of hydrogen-bond acceptors (Lipinski definition) is 7. The van der Waals surface area contributed by atoms with E-state index in [1.54, 1.807) is 38.5 Å². The fourth-order valence-electron chi connectivity index (χ4n) is 3.17. The van der Waals surface area contributed by atoms with Gasteiger partial charge in [-0.1, -0.05) is 36.0 Å². The van der Waals surface area contributed by atoms with Crippen molar-refractivity contribution in [1.29, 1.82) is 0 Å². The second-order valence-electron chi connectivity index (χ2n) is 7.17. The summed E-state index contributed by atoms with van der Waals surface area (Å²) in [4.78, 5) is 12.6. The third kappa shape index (κ3) is 6.07. The van der Waals surface area contributed by atoms with Gasteiger partial charge in [0.05, 0.1) is 25.7 Å². The van der Waals surface area contributed by atoms with E-state index in [-0.39, 0.29) is 17.8 Å². The Bertz CT molecular complexity index is 1120. The zero-order valence-corrected chi connectivity index (χ0v) is 20.0. The van der Waals surface area contributed by atoms with Crippen molar-refractivity contribution in [1.82, 2.24) is 14.8 Å². The Balaban J connectivity index is 1.70. The number of allylic oxidation sites excluding steroid dienone is 1. The summed E-state index contributed by atoms with van der Waals surface area (Å²) in [5.41, 5.74) is 1.58. The summed E-state index contributed by atoms with van der Waals surface area (Å²) in [5.74, 6) is 2.56. The van der Waals surface area contributed by atoms with Gasteiger partial charge in [-0.15, -0.1) is 16.8 Å². The van der Waals surface area contributed by atoms with Gasteiger partial charge in [-0.3, -0.25) is 9.36 Å². The third-order valence-corrected chi connectivity index (χ3v) is 5.80. The molecule has 1 amide bonds. The van der Waals surface area contributed by atoms with E-state index >= 15 is 0 Å². The van der Waals surface area contributed by atoms with Crippen LogP contribution in [0.25, 0.3) is 0 Å². The number of rotatable bonds is 11. The van der Waals surface area contributed by atoms with Crippen LogP contribution in [-0.2, 0) is 11.3 Å². The fourth-order valence-corrected chi connectivity index (χ4v) is 3.92. The van der Waals surface area contributed by atoms with Crippen LogP contribution in [0.1, 0.15) is 24.4 Å². The monoisotopic (exact) mass is 468 g/mol. The number of carbonyl (C=O) groups excluding carboxylic acids is 1. The van der Waals surface area contributed by atoms with Crippen LogP contribution < -0.4 is 19.5 Å². The number of aryl methyl sites for hydroxylation is 1. The number of benzene rings is 2. The molecule has 33 heavy (non-hydrogen) atoms. The molecule has 1 unspecified atom stereocenters. The molecule has 2 aromatic carbocycles. The summed E-state index contributed by atoms with van der Waals surface area (Å²) in [5, 5.41) is 12.1. The number of anilines is 1. The van der Waals surface area contributed by atoms with E-state index in [4.69, 9.17) is 14.2 Å². The van der Waals surface area contributed by atoms with Crippen LogP contribution in [0.4, 0.5) is 5.69 Å². The highest BCUT2D eigenvalue weighted by atomic mass is 32.2. The lowest BCUT2D eigenvalue weighted by molar-refractivity contribution is -0.113. The molecule has 1 heterocycles. The van der Waals surface area contributed by atoms with E-state index in [1.807, 2.05) is 42.7 Å². The molecule has 0 saturated carbocycles. The van der Waals surface area contributed by atoms with E-state index in [0.717, 1.165) is 11.3 Å². The summed E-state index contributed by atoms with van der Waals surface area (Å²) >= 11 is 1.29. The van der Waals surface area contributed by atoms with E-state index in [9.17, 15) is 4.79 Å². The summed E-state index contributed by atoms with van der Waals surface area (Å²) < 4.78 is 18.6. The van der Waals surface area contributed by atoms with Crippen LogP contribution in [0.15, 0.2) is 60.3 Å². The van der Waals surface area contributed by atoms with Crippen molar-refractivity contribution in [3.63, 3.8) is 0 Å². The maximum atomic E-state index is 12.6. The van der Waals surface area contributed by atoms with Crippen molar-refractivity contribution in [2.75, 3.05) is 25.3 Å². The van der Waals surface area contributed by atoms with Gasteiger partial charge < -0.3 is 19.5 Å². The quantitative estimate of drug-likeness (QED) is 0.323. The molecule has 0 spiro atoms. The summed E-state index contributed by atoms with van der Waals surface area (Å²) in [7, 11) is 3.11. The molecule has 174 valence electrons. The van der Waals surface area contributed by atoms with E-state index < -0.39 is 0 Å². The molecule has 1 N–H and O–H groups in total. The van der Waals surface area contributed by atoms with Gasteiger partial charge in [-0.25, -0.2) is 0 Å². The zero-order valence-electron chi connectivity index (χ0n) is 19.2. The molecule has 0 aliphatic carbocycles. The van der Waals surface area contributed by atoms with E-state index in [2.05, 4.69) is 22.1 Å². The van der Waals surface area contributed by atoms with Gasteiger partial charge in [-0.05, 0) is 37.6 Å². The smallest absolute Gasteiger partial charge is 0.234 e. The van der Waals surface area contributed by atoms with Crippen molar-refractivity contribution in [3.8, 4) is 17.2 Å². The predicted molar refractivity (Wildman–Crippen MR) is 129 cm³/mol. The second kappa shape index (κ2) is 11.4. The van der Waals surface area contributed by atoms with Crippen molar-refractivity contribution < 1.29 is 19.0 Å². The van der Waals surface area contributed by atoms with E-state index in [1.165, 1.54) is 11.8 Å². The van der Waals surface area contributed by atoms with Crippen LogP contribution in [-0.4, -0.2) is 40.6 Å². The number of nitrogens with zero attached hydrogens (tertiary/aromatic N) is 3. The number of thioether (sulfide) groups is 1. The number of methoxy groups -OCH3 is 2. The normalized spacial score (nSPS) is 11.5. The maximum Gasteiger partial charge on any atom is 0.234 e. The first-order chi connectivity index (χ1) is 16.0. The first kappa shape index (κ1) is 24.2. The molecule has 0 fully saturated rings. The number of ether oxygens (including phenoxy) is 3. The highest BCUT2D eigenvalue weighted by Gasteiger charge is 2.20. The van der Waals surface area contributed by atoms with Crippen LogP contribution in [0.5, 0.6) is 17.2 Å². The molecule has 0 aliphatic rings. The third-order valence-electron chi connectivity index (χ3n) is 4.83. The molecule has 0 bridgehead atoms. The van der Waals surface area contributed by atoms with Crippen molar-refractivity contribution >= 4 is 23.4 Å². The van der Waals surface area contributed by atoms with Gasteiger partial charge in [0.2, 0.25) is 5.91 Å². The number of hydrogen-bond donors (Lipinski definition) is 1. The molecular formula is C24H28N4O4S. The molecule has 0 radical (unpaired) electrons. The summed E-state index contributed by atoms with van der Waals surface area (Å²) in [6, 6.07) is 13.0. The fraction of sp³-hybridized carbons (Fsp3) is 0.292. The van der Waals surface area contributed by atoms with Crippen molar-refractivity contribution in [2.24, 2.45) is 0 Å². The van der Waals surface area contributed by atoms with Crippen LogP contribution >= 0.6 is 11.8 Å². The van der Waals surface area contributed by atoms with Gasteiger partial charge in [-0.2, -0.15) is 0 Å². The average Bonchev–Trinajstić information content (AvgIpc) is 3.22. The number of amides is 1. The predicted octanol–water partition coefficient (Wildman–Crippen LogP) is 4.66. The Morgan fingerprint density at radius 2 is 1.97 bits per heavy atom. The lowest BCUT2D eigenvalue weighted by atomic mass is 10.2. The van der Waals surface area contributed by atoms with Gasteiger partial charge in [0.15, 0.2) is 17.1 Å². The first-order valence-corrected chi connectivity index (χ1v) is 11.4. The number of nitrogens with one attached hydrogen (secondary N) is 1. The highest BCUT2D eigenvalue weighted by molar-refractivity contribution is 7.99. The molecule has 1 atom stereocenters. The first-order valence-electron chi connectivity index (χ1n) is 10.4. The lowest BCUT2D eigenvalue weighted by Crippen LogP contribution is -2.16. The SMILES string of the molecule is C=CCn1c(SCC(=O)Nc2cc(OC)ccc2OC)nnc1C(C)Oc1ccccc1C. The topological polar surface area (TPSA) is 87.5 Å². The lowest BCUT2D eigenvalue weighted by Gasteiger charge is -2.17. The number of aromatic nitrogens is 3. The molecular weight excluding hydrogens is 440 g/mol. The molecule has 0 saturated heterocycles. The van der Waals surface area contributed by atoms with Gasteiger partial charge in [0.25, 0.3) is 0 Å². The maximum absolute atomic E-state index is 12.6. The Morgan fingerprint density at radius 3 is 2.67 bits per heavy atom. The molecule has 9 heteroatoms. The summed E-state index contributed by atoms with van der Waals surface area (Å²) in [6.07, 6.45) is 1.43. The Labute approximate surface area is 198 Å². The van der Waals surface area contributed by atoms with Crippen LogP contribution in [0.2, 0.25) is 0 Å². The Hall–Kier alpha value is -3.46. The Kier molecular flexibility index (Phi) is 8.37. The Morgan fingerprint density at radius 1 is 1.18 bits per heavy atom. The molecule has 3 rings (SSSR count). The van der Waals surface area contributed by atoms with Crippen LogP contribution in [0, 0.1) is 6.92 Å². The average molecular weight is 469 g/mol. The van der Waals surface area contributed by atoms with Crippen molar-refractivity contribution in [3.05, 3.63) is 66.5 Å². The molecule has 3 aromatic rings. The summed E-state index contributed by atoms with van der Waals surface area (Å²) in [6.45, 7) is 8.24. The highest BCUT2D eigenvalue weighted by Crippen LogP contribution is 2.30. The zero-order chi connectivity index (χ0) is 23.8. The van der Waals surface area contributed by atoms with Crippen LogP contribution in [0.3, 0.4) is 0 Å². The number of carbonyl (C=O) groups is 1. The minimum Gasteiger partial charge on any atom is -0.497 e. The van der Waals surface area contributed by atoms with Gasteiger partial charge >= 0.3 is 0 Å². The second-order valence-corrected chi connectivity index (χ2v) is 8.11. The van der Waals surface area contributed by atoms with Crippen molar-refractivity contribution in [2.45, 2.75) is 31.7 Å². The van der Waals surface area contributed by atoms with Gasteiger partial charge in [0.1, 0.15) is 17.2 Å². The number of para-hydroxylation sites is 1. The molecule has 8 nitrogen and oxygen atoms in total. The van der Waals surface area contributed by atoms with Gasteiger partial charge in [0, 0.05) is 12.6 Å². The minimum atomic E-state index is -0.331. The standard InChI is InChI=1S/C24H28N4O4S/c1-6-13-28-23(17(3)32-20-10-8-7-9-16(20)2)26-27-24(28)33-15-22(29)25-19-14-18(30-4)11-12-21(19)31-5/h6-12,14,17H,1,13,15H2,2-5H3,(H,25,29). The van der Waals surface area contributed by atoms with E-state index in [0.29, 0.717) is 34.7 Å².